The lowest BCUT2D eigenvalue weighted by Gasteiger charge is -2.41. The van der Waals surface area contributed by atoms with E-state index in [1.54, 1.807) is 65.7 Å². The Kier molecular flexibility index (Phi) is 11.4. The number of rotatable bonds is 8. The molecule has 1 fully saturated rings. The molecule has 4 rings (SSSR count). The monoisotopic (exact) mass is 702 g/mol. The van der Waals surface area contributed by atoms with Crippen LogP contribution in [0, 0.1) is 19.7 Å². The molecule has 1 N–H and O–H groups in total. The van der Waals surface area contributed by atoms with Crippen molar-refractivity contribution >= 4 is 23.7 Å². The van der Waals surface area contributed by atoms with Crippen LogP contribution in [0.1, 0.15) is 76.9 Å². The topological polar surface area (TPSA) is 117 Å². The van der Waals surface area contributed by atoms with Gasteiger partial charge >= 0.3 is 12.3 Å². The number of alkyl halides is 3. The molecule has 1 aliphatic rings. The molecular formula is C35H42F4N6O5. The number of aromatic nitrogens is 2. The summed E-state index contributed by atoms with van der Waals surface area (Å²) >= 11 is 0. The molecule has 1 aromatic carbocycles. The summed E-state index contributed by atoms with van der Waals surface area (Å²) in [4.78, 5) is 51.6. The highest BCUT2D eigenvalue weighted by atomic mass is 19.4. The normalized spacial score (nSPS) is 16.1. The zero-order chi connectivity index (χ0) is 37.1. The predicted molar refractivity (Wildman–Crippen MR) is 178 cm³/mol. The van der Waals surface area contributed by atoms with Gasteiger partial charge in [-0.05, 0) is 82.5 Å². The van der Waals surface area contributed by atoms with Crippen molar-refractivity contribution in [1.82, 2.24) is 24.7 Å². The summed E-state index contributed by atoms with van der Waals surface area (Å²) in [7, 11) is 3.24. The highest BCUT2D eigenvalue weighted by Crippen LogP contribution is 2.34. The number of ether oxygens (including phenoxy) is 2. The lowest BCUT2D eigenvalue weighted by Crippen LogP contribution is -2.55. The third-order valence-corrected chi connectivity index (χ3v) is 7.94. The van der Waals surface area contributed by atoms with E-state index in [4.69, 9.17) is 9.47 Å². The maximum Gasteiger partial charge on any atom is 0.419 e. The quantitative estimate of drug-likeness (QED) is 0.273. The Balaban J connectivity index is 1.54. The van der Waals surface area contributed by atoms with Gasteiger partial charge in [0.15, 0.2) is 0 Å². The Morgan fingerprint density at radius 2 is 1.72 bits per heavy atom. The summed E-state index contributed by atoms with van der Waals surface area (Å²) in [6, 6.07) is 5.57. The van der Waals surface area contributed by atoms with E-state index in [1.807, 2.05) is 11.8 Å². The van der Waals surface area contributed by atoms with E-state index in [-0.39, 0.29) is 41.3 Å². The van der Waals surface area contributed by atoms with E-state index in [9.17, 15) is 31.9 Å². The molecule has 1 aliphatic heterocycles. The number of benzene rings is 1. The number of anilines is 1. The number of nitrogens with zero attached hydrogens (tertiary/aromatic N) is 5. The number of piperazine rings is 1. The summed E-state index contributed by atoms with van der Waals surface area (Å²) in [5.41, 5.74) is -0.479. The molecule has 1 unspecified atom stereocenters. The average Bonchev–Trinajstić information content (AvgIpc) is 2.99. The van der Waals surface area contributed by atoms with E-state index in [0.29, 0.717) is 42.4 Å². The molecule has 0 radical (unpaired) electrons. The minimum atomic E-state index is -4.87. The van der Waals surface area contributed by atoms with Crippen LogP contribution in [0.3, 0.4) is 0 Å². The van der Waals surface area contributed by atoms with E-state index in [2.05, 4.69) is 15.3 Å². The molecule has 3 amide bonds. The van der Waals surface area contributed by atoms with Crippen LogP contribution < -0.4 is 10.1 Å². The third kappa shape index (κ3) is 9.46. The van der Waals surface area contributed by atoms with Crippen molar-refractivity contribution < 1.29 is 41.4 Å². The van der Waals surface area contributed by atoms with Gasteiger partial charge in [0.05, 0.1) is 17.3 Å². The van der Waals surface area contributed by atoms with Crippen LogP contribution in [-0.2, 0) is 10.9 Å². The van der Waals surface area contributed by atoms with Crippen molar-refractivity contribution in [3.05, 3.63) is 82.1 Å². The van der Waals surface area contributed by atoms with E-state index >= 15 is 0 Å². The molecule has 3 aromatic rings. The first-order chi connectivity index (χ1) is 23.2. The lowest BCUT2D eigenvalue weighted by atomic mass is 10.0. The van der Waals surface area contributed by atoms with Crippen LogP contribution >= 0.6 is 0 Å². The molecule has 3 heterocycles. The van der Waals surface area contributed by atoms with Crippen LogP contribution in [0.15, 0.2) is 42.7 Å². The Bertz CT molecular complexity index is 1740. The van der Waals surface area contributed by atoms with Crippen molar-refractivity contribution in [2.75, 3.05) is 45.6 Å². The first kappa shape index (κ1) is 38.0. The number of carbonyl (C=O) groups excluding carboxylic acids is 3. The van der Waals surface area contributed by atoms with Gasteiger partial charge in [-0.25, -0.2) is 19.2 Å². The number of aryl methyl sites for hydroxylation is 2. The fraction of sp³-hybridized carbons (Fsp3) is 0.457. The average molecular weight is 703 g/mol. The number of nitrogens with one attached hydrogen (secondary N) is 1. The molecular weight excluding hydrogens is 660 g/mol. The molecule has 0 bridgehead atoms. The van der Waals surface area contributed by atoms with Crippen molar-refractivity contribution in [3.63, 3.8) is 0 Å². The Labute approximate surface area is 288 Å². The maximum atomic E-state index is 14.7. The number of hydrogen-bond donors (Lipinski definition) is 1. The van der Waals surface area contributed by atoms with Gasteiger partial charge < -0.3 is 24.6 Å². The lowest BCUT2D eigenvalue weighted by molar-refractivity contribution is -0.140. The first-order valence-corrected chi connectivity index (χ1v) is 15.9. The number of carbonyl (C=O) groups is 3. The van der Waals surface area contributed by atoms with Crippen molar-refractivity contribution in [2.45, 2.75) is 65.5 Å². The number of hydrogen-bond acceptors (Lipinski definition) is 8. The first-order valence-electron chi connectivity index (χ1n) is 15.9. The minimum Gasteiger partial charge on any atom is -0.483 e. The van der Waals surface area contributed by atoms with Crippen LogP contribution in [-0.4, -0.2) is 94.5 Å². The zero-order valence-electron chi connectivity index (χ0n) is 29.3. The fourth-order valence-electron chi connectivity index (χ4n) is 5.46. The predicted octanol–water partition coefficient (Wildman–Crippen LogP) is 6.27. The molecule has 1 saturated heterocycles. The summed E-state index contributed by atoms with van der Waals surface area (Å²) in [6.07, 6.45) is -3.59. The largest absolute Gasteiger partial charge is 0.483 e. The van der Waals surface area contributed by atoms with Gasteiger partial charge in [0, 0.05) is 52.5 Å². The van der Waals surface area contributed by atoms with Gasteiger partial charge in [0.1, 0.15) is 34.8 Å². The Morgan fingerprint density at radius 3 is 2.28 bits per heavy atom. The molecule has 0 spiro atoms. The van der Waals surface area contributed by atoms with Gasteiger partial charge in [0.25, 0.3) is 11.8 Å². The number of pyridine rings is 2. The van der Waals surface area contributed by atoms with Crippen molar-refractivity contribution in [1.29, 1.82) is 0 Å². The molecule has 270 valence electrons. The van der Waals surface area contributed by atoms with Gasteiger partial charge in [-0.2, -0.15) is 13.2 Å². The van der Waals surface area contributed by atoms with Crippen molar-refractivity contribution in [2.24, 2.45) is 0 Å². The number of halogens is 4. The summed E-state index contributed by atoms with van der Waals surface area (Å²) in [5.74, 6) is -1.78. The van der Waals surface area contributed by atoms with E-state index in [1.165, 1.54) is 23.4 Å². The van der Waals surface area contributed by atoms with Gasteiger partial charge in [0.2, 0.25) is 0 Å². The Morgan fingerprint density at radius 1 is 1.02 bits per heavy atom. The van der Waals surface area contributed by atoms with E-state index in [0.717, 1.165) is 6.07 Å². The summed E-state index contributed by atoms with van der Waals surface area (Å²) in [6.45, 7) is 11.8. The highest BCUT2D eigenvalue weighted by Gasteiger charge is 2.36. The molecule has 15 heteroatoms. The van der Waals surface area contributed by atoms with Crippen molar-refractivity contribution in [3.8, 4) is 5.75 Å². The third-order valence-electron chi connectivity index (χ3n) is 7.94. The molecule has 50 heavy (non-hydrogen) atoms. The molecule has 11 nitrogen and oxygen atoms in total. The summed E-state index contributed by atoms with van der Waals surface area (Å²) in [5, 5.41) is 2.70. The zero-order valence-corrected chi connectivity index (χ0v) is 29.3. The van der Waals surface area contributed by atoms with E-state index < -0.39 is 41.3 Å². The van der Waals surface area contributed by atoms with Crippen LogP contribution in [0.4, 0.5) is 28.2 Å². The molecule has 0 saturated carbocycles. The van der Waals surface area contributed by atoms with Crippen LogP contribution in [0.2, 0.25) is 0 Å². The second kappa shape index (κ2) is 15.0. The molecule has 2 aromatic heterocycles. The van der Waals surface area contributed by atoms with Gasteiger partial charge in [-0.15, -0.1) is 0 Å². The maximum absolute atomic E-state index is 14.7. The summed E-state index contributed by atoms with van der Waals surface area (Å²) < 4.78 is 66.6. The fourth-order valence-corrected chi connectivity index (χ4v) is 5.46. The standard InChI is InChI=1S/C35H42F4N6O5/c1-20-14-25(17-40-29(20)31(46)42-30-21(2)13-24(16-41-30)32(47)43(7)8)49-28(23-9-10-26(27(36)15-23)35(37,38)39)19-44-11-12-45(22(3)18-44)33(48)50-34(4,5)6/h9-10,13-17,22,28H,11-12,18-19H2,1-8H3,(H,41,42,46)/t22-,28?/m1/s1. The minimum absolute atomic E-state index is 0.0659. The SMILES string of the molecule is Cc1cc(C(=O)N(C)C)cnc1NC(=O)c1ncc(OC(CN2CCN(C(=O)OC(C)(C)C)[C@H](C)C2)c2ccc(C(F)(F)F)c(F)c2)cc1C. The second-order valence-electron chi connectivity index (χ2n) is 13.5. The molecule has 0 aliphatic carbocycles. The van der Waals surface area contributed by atoms with Gasteiger partial charge in [-0.3, -0.25) is 14.5 Å². The second-order valence-corrected chi connectivity index (χ2v) is 13.5. The van der Waals surface area contributed by atoms with Gasteiger partial charge in [-0.1, -0.05) is 6.07 Å². The number of amides is 3. The molecule has 2 atom stereocenters. The Hall–Kier alpha value is -4.79. The van der Waals surface area contributed by atoms with Crippen LogP contribution in [0.25, 0.3) is 0 Å². The smallest absolute Gasteiger partial charge is 0.419 e. The van der Waals surface area contributed by atoms with Crippen LogP contribution in [0.5, 0.6) is 5.75 Å². The highest BCUT2D eigenvalue weighted by molar-refractivity contribution is 6.04.